The SMILES string of the molecule is Cc1c(Cl)cccc1S(=O)(=O)Nc1cnc(N2CCCC2)c(C(=O)O)c1.O=C(O)C(F)(F)F. The molecule has 1 aliphatic rings. The number of carboxylic acid groups (broad SMARTS) is 2. The molecule has 180 valence electrons. The molecule has 3 N–H and O–H groups in total. The maximum Gasteiger partial charge on any atom is 0.490 e. The van der Waals surface area contributed by atoms with Gasteiger partial charge in [-0.05, 0) is 43.5 Å². The van der Waals surface area contributed by atoms with E-state index in [9.17, 15) is 31.5 Å². The Bertz CT molecular complexity index is 1150. The first-order valence-corrected chi connectivity index (χ1v) is 11.2. The van der Waals surface area contributed by atoms with Crippen LogP contribution in [0.5, 0.6) is 0 Å². The summed E-state index contributed by atoms with van der Waals surface area (Å²) in [5.41, 5.74) is 0.474. The van der Waals surface area contributed by atoms with E-state index in [1.54, 1.807) is 19.1 Å². The molecule has 3 rings (SSSR count). The number of carboxylic acids is 2. The number of carbonyl (C=O) groups is 2. The summed E-state index contributed by atoms with van der Waals surface area (Å²) in [5.74, 6) is -3.55. The molecule has 0 unspecified atom stereocenters. The number of aromatic nitrogens is 1. The van der Waals surface area contributed by atoms with E-state index in [0.29, 0.717) is 16.4 Å². The van der Waals surface area contributed by atoms with Crippen LogP contribution in [0.25, 0.3) is 0 Å². The van der Waals surface area contributed by atoms with Gasteiger partial charge in [0, 0.05) is 18.1 Å². The Kier molecular flexibility index (Phi) is 8.14. The highest BCUT2D eigenvalue weighted by atomic mass is 35.5. The number of aromatic carboxylic acids is 1. The van der Waals surface area contributed by atoms with E-state index >= 15 is 0 Å². The highest BCUT2D eigenvalue weighted by Crippen LogP contribution is 2.28. The van der Waals surface area contributed by atoms with Gasteiger partial charge in [-0.25, -0.2) is 23.0 Å². The topological polar surface area (TPSA) is 137 Å². The number of aliphatic carboxylic acids is 1. The molecule has 0 radical (unpaired) electrons. The molecule has 0 aliphatic carbocycles. The van der Waals surface area contributed by atoms with Crippen molar-refractivity contribution in [1.29, 1.82) is 0 Å². The summed E-state index contributed by atoms with van der Waals surface area (Å²) in [5, 5.41) is 16.9. The number of sulfonamides is 1. The van der Waals surface area contributed by atoms with Crippen LogP contribution < -0.4 is 9.62 Å². The minimum atomic E-state index is -5.08. The zero-order chi connectivity index (χ0) is 25.0. The van der Waals surface area contributed by atoms with Crippen molar-refractivity contribution >= 4 is 45.1 Å². The van der Waals surface area contributed by atoms with Crippen LogP contribution in [0.4, 0.5) is 24.7 Å². The van der Waals surface area contributed by atoms with Crippen molar-refractivity contribution in [3.63, 3.8) is 0 Å². The van der Waals surface area contributed by atoms with E-state index in [2.05, 4.69) is 9.71 Å². The van der Waals surface area contributed by atoms with Gasteiger partial charge in [0.25, 0.3) is 10.0 Å². The molecule has 2 aromatic rings. The summed E-state index contributed by atoms with van der Waals surface area (Å²) < 4.78 is 59.4. The van der Waals surface area contributed by atoms with Crippen molar-refractivity contribution in [2.24, 2.45) is 0 Å². The average molecular weight is 510 g/mol. The van der Waals surface area contributed by atoms with Crippen molar-refractivity contribution in [2.75, 3.05) is 22.7 Å². The van der Waals surface area contributed by atoms with E-state index in [-0.39, 0.29) is 16.1 Å². The molecule has 0 saturated carbocycles. The van der Waals surface area contributed by atoms with Gasteiger partial charge in [0.1, 0.15) is 11.4 Å². The third-order valence-corrected chi connectivity index (χ3v) is 6.44. The summed E-state index contributed by atoms with van der Waals surface area (Å²) in [6.07, 6.45) is -1.80. The fraction of sp³-hybridized carbons (Fsp3) is 0.316. The van der Waals surface area contributed by atoms with Crippen LogP contribution in [-0.4, -0.2) is 54.8 Å². The lowest BCUT2D eigenvalue weighted by atomic mass is 10.2. The molecule has 33 heavy (non-hydrogen) atoms. The summed E-state index contributed by atoms with van der Waals surface area (Å²) in [6.45, 7) is 3.08. The number of alkyl halides is 3. The molecule has 0 spiro atoms. The number of halogens is 4. The first kappa shape index (κ1) is 26.2. The normalized spacial score (nSPS) is 13.8. The number of hydrogen-bond acceptors (Lipinski definition) is 6. The van der Waals surface area contributed by atoms with Gasteiger partial charge in [0.05, 0.1) is 16.8 Å². The predicted molar refractivity (Wildman–Crippen MR) is 113 cm³/mol. The van der Waals surface area contributed by atoms with Crippen molar-refractivity contribution in [3.8, 4) is 0 Å². The fourth-order valence-electron chi connectivity index (χ4n) is 2.94. The zero-order valence-electron chi connectivity index (χ0n) is 17.1. The number of nitrogens with zero attached hydrogens (tertiary/aromatic N) is 2. The van der Waals surface area contributed by atoms with Crippen molar-refractivity contribution in [3.05, 3.63) is 46.6 Å². The minimum absolute atomic E-state index is 0.0325. The quantitative estimate of drug-likeness (QED) is 0.554. The summed E-state index contributed by atoms with van der Waals surface area (Å²) in [7, 11) is -3.92. The van der Waals surface area contributed by atoms with E-state index in [4.69, 9.17) is 21.5 Å². The Morgan fingerprint density at radius 1 is 1.18 bits per heavy atom. The van der Waals surface area contributed by atoms with Gasteiger partial charge < -0.3 is 15.1 Å². The molecular formula is C19H19ClF3N3O6S. The van der Waals surface area contributed by atoms with Gasteiger partial charge in [-0.15, -0.1) is 0 Å². The zero-order valence-corrected chi connectivity index (χ0v) is 18.6. The summed E-state index contributed by atoms with van der Waals surface area (Å²) >= 11 is 6.00. The first-order valence-electron chi connectivity index (χ1n) is 9.30. The Morgan fingerprint density at radius 3 is 2.27 bits per heavy atom. The number of hydrogen-bond donors (Lipinski definition) is 3. The highest BCUT2D eigenvalue weighted by molar-refractivity contribution is 7.92. The van der Waals surface area contributed by atoms with Gasteiger partial charge in [0.15, 0.2) is 0 Å². The molecular weight excluding hydrogens is 491 g/mol. The van der Waals surface area contributed by atoms with E-state index in [1.165, 1.54) is 18.3 Å². The Hall–Kier alpha value is -3.06. The molecule has 1 aromatic heterocycles. The third-order valence-electron chi connectivity index (χ3n) is 4.50. The fourth-order valence-corrected chi connectivity index (χ4v) is 4.47. The maximum absolute atomic E-state index is 12.6. The van der Waals surface area contributed by atoms with Crippen LogP contribution in [0.2, 0.25) is 5.02 Å². The third kappa shape index (κ3) is 6.71. The number of nitrogens with one attached hydrogen (secondary N) is 1. The molecule has 1 aliphatic heterocycles. The summed E-state index contributed by atoms with van der Waals surface area (Å²) in [4.78, 5) is 26.6. The molecule has 0 amide bonds. The van der Waals surface area contributed by atoms with Crippen LogP contribution in [0.3, 0.4) is 0 Å². The van der Waals surface area contributed by atoms with Gasteiger partial charge >= 0.3 is 18.1 Å². The molecule has 0 bridgehead atoms. The Balaban J connectivity index is 0.000000479. The molecule has 14 heteroatoms. The number of benzene rings is 1. The van der Waals surface area contributed by atoms with Crippen LogP contribution in [0.15, 0.2) is 35.4 Å². The Morgan fingerprint density at radius 2 is 1.76 bits per heavy atom. The van der Waals surface area contributed by atoms with Crippen LogP contribution >= 0.6 is 11.6 Å². The lowest BCUT2D eigenvalue weighted by Crippen LogP contribution is -2.22. The van der Waals surface area contributed by atoms with Gasteiger partial charge in [-0.2, -0.15) is 13.2 Å². The predicted octanol–water partition coefficient (Wildman–Crippen LogP) is 3.78. The van der Waals surface area contributed by atoms with Crippen molar-refractivity contribution < 1.29 is 41.4 Å². The number of rotatable bonds is 5. The molecule has 1 saturated heterocycles. The van der Waals surface area contributed by atoms with Gasteiger partial charge in [0.2, 0.25) is 0 Å². The molecule has 9 nitrogen and oxygen atoms in total. The maximum atomic E-state index is 12.6. The van der Waals surface area contributed by atoms with Crippen LogP contribution in [0.1, 0.15) is 28.8 Å². The second-order valence-corrected chi connectivity index (χ2v) is 8.92. The molecule has 1 aromatic carbocycles. The van der Waals surface area contributed by atoms with E-state index < -0.39 is 28.1 Å². The largest absolute Gasteiger partial charge is 0.490 e. The van der Waals surface area contributed by atoms with Gasteiger partial charge in [-0.1, -0.05) is 17.7 Å². The average Bonchev–Trinajstić information content (AvgIpc) is 3.24. The van der Waals surface area contributed by atoms with Crippen molar-refractivity contribution in [1.82, 2.24) is 4.98 Å². The van der Waals surface area contributed by atoms with E-state index in [0.717, 1.165) is 25.9 Å². The minimum Gasteiger partial charge on any atom is -0.478 e. The smallest absolute Gasteiger partial charge is 0.478 e. The standard InChI is InChI=1S/C17H18ClN3O4S.C2HF3O2/c1-11-14(18)5-4-6-15(11)26(24,25)20-12-9-13(17(22)23)16(19-10-12)21-7-2-3-8-21;3-2(4,5)1(6)7/h4-6,9-10,20H,2-3,7-8H2,1H3,(H,22,23);(H,6,7). The monoisotopic (exact) mass is 509 g/mol. The second-order valence-electron chi connectivity index (χ2n) is 6.87. The first-order chi connectivity index (χ1) is 15.2. The second kappa shape index (κ2) is 10.3. The van der Waals surface area contributed by atoms with Crippen LogP contribution in [-0.2, 0) is 14.8 Å². The number of pyridine rings is 1. The molecule has 0 atom stereocenters. The Labute approximate surface area is 191 Å². The lowest BCUT2D eigenvalue weighted by Gasteiger charge is -2.19. The lowest BCUT2D eigenvalue weighted by molar-refractivity contribution is -0.192. The molecule has 2 heterocycles. The summed E-state index contributed by atoms with van der Waals surface area (Å²) in [6, 6.07) is 5.88. The number of anilines is 2. The van der Waals surface area contributed by atoms with Crippen LogP contribution in [0, 0.1) is 6.92 Å². The van der Waals surface area contributed by atoms with Gasteiger partial charge in [-0.3, -0.25) is 4.72 Å². The molecule has 1 fully saturated rings. The van der Waals surface area contributed by atoms with Crippen molar-refractivity contribution in [2.45, 2.75) is 30.8 Å². The highest BCUT2D eigenvalue weighted by Gasteiger charge is 2.38. The van der Waals surface area contributed by atoms with E-state index in [1.807, 2.05) is 4.90 Å².